The average Bonchev–Trinajstić information content (AvgIpc) is 3.26. The summed E-state index contributed by atoms with van der Waals surface area (Å²) in [5.41, 5.74) is 2.20. The van der Waals surface area contributed by atoms with Gasteiger partial charge in [-0.3, -0.25) is 9.48 Å². The Balaban J connectivity index is 1.72. The quantitative estimate of drug-likeness (QED) is 0.778. The van der Waals surface area contributed by atoms with E-state index in [2.05, 4.69) is 15.6 Å². The normalized spacial score (nSPS) is 12.3. The molecule has 0 saturated carbocycles. The van der Waals surface area contributed by atoms with Crippen LogP contribution in [0, 0.1) is 6.92 Å². The molecule has 0 saturated heterocycles. The molecule has 0 bridgehead atoms. The van der Waals surface area contributed by atoms with Crippen LogP contribution in [0.15, 0.2) is 34.3 Å². The molecule has 0 radical (unpaired) electrons. The lowest BCUT2D eigenvalue weighted by atomic mass is 10.1. The van der Waals surface area contributed by atoms with Gasteiger partial charge < -0.3 is 9.84 Å². The van der Waals surface area contributed by atoms with Gasteiger partial charge in [0.15, 0.2) is 11.5 Å². The molecule has 0 fully saturated rings. The van der Waals surface area contributed by atoms with Crippen LogP contribution >= 0.6 is 11.3 Å². The fourth-order valence-electron chi connectivity index (χ4n) is 2.39. The molecule has 0 aliphatic heterocycles. The van der Waals surface area contributed by atoms with Crippen molar-refractivity contribution in [3.63, 3.8) is 0 Å². The van der Waals surface area contributed by atoms with Crippen LogP contribution in [0.1, 0.15) is 41.6 Å². The maximum atomic E-state index is 12.3. The van der Waals surface area contributed by atoms with Gasteiger partial charge in [0.25, 0.3) is 5.91 Å². The molecule has 3 aromatic heterocycles. The first-order chi connectivity index (χ1) is 11.1. The minimum atomic E-state index is -0.257. The van der Waals surface area contributed by atoms with Crippen molar-refractivity contribution in [3.05, 3.63) is 46.7 Å². The molecule has 0 aliphatic rings. The van der Waals surface area contributed by atoms with Crippen molar-refractivity contribution in [3.8, 4) is 10.6 Å². The van der Waals surface area contributed by atoms with Crippen LogP contribution in [0.5, 0.6) is 0 Å². The largest absolute Gasteiger partial charge is 0.355 e. The fraction of sp³-hybridized carbons (Fsp3) is 0.312. The predicted molar refractivity (Wildman–Crippen MR) is 88.3 cm³/mol. The van der Waals surface area contributed by atoms with Gasteiger partial charge >= 0.3 is 0 Å². The summed E-state index contributed by atoms with van der Waals surface area (Å²) in [5, 5.41) is 13.2. The Hall–Kier alpha value is -2.41. The maximum absolute atomic E-state index is 12.3. The number of carbonyl (C=O) groups is 1. The van der Waals surface area contributed by atoms with Gasteiger partial charge in [-0.2, -0.15) is 5.10 Å². The predicted octanol–water partition coefficient (Wildman–Crippen LogP) is 3.42. The molecule has 0 spiro atoms. The van der Waals surface area contributed by atoms with Crippen LogP contribution in [-0.2, 0) is 6.54 Å². The van der Waals surface area contributed by atoms with Crippen LogP contribution in [0.25, 0.3) is 10.6 Å². The molecule has 1 N–H and O–H groups in total. The highest BCUT2D eigenvalue weighted by Crippen LogP contribution is 2.25. The van der Waals surface area contributed by atoms with Gasteiger partial charge in [-0.15, -0.1) is 11.3 Å². The summed E-state index contributed by atoms with van der Waals surface area (Å²) in [6.45, 7) is 6.70. The number of carbonyl (C=O) groups excluding carboxylic acids is 1. The number of aromatic nitrogens is 3. The van der Waals surface area contributed by atoms with Crippen LogP contribution in [-0.4, -0.2) is 20.8 Å². The molecule has 1 amide bonds. The van der Waals surface area contributed by atoms with E-state index in [9.17, 15) is 4.79 Å². The van der Waals surface area contributed by atoms with Gasteiger partial charge in [0.2, 0.25) is 0 Å². The third-order valence-corrected chi connectivity index (χ3v) is 4.51. The Labute approximate surface area is 138 Å². The molecule has 0 aromatic carbocycles. The van der Waals surface area contributed by atoms with Crippen molar-refractivity contribution >= 4 is 17.2 Å². The number of nitrogens with one attached hydrogen (secondary N) is 1. The van der Waals surface area contributed by atoms with Gasteiger partial charge in [-0.1, -0.05) is 11.2 Å². The average molecular weight is 330 g/mol. The van der Waals surface area contributed by atoms with Crippen LogP contribution in [0.4, 0.5) is 0 Å². The zero-order chi connectivity index (χ0) is 16.4. The van der Waals surface area contributed by atoms with Crippen LogP contribution in [0.3, 0.4) is 0 Å². The zero-order valence-electron chi connectivity index (χ0n) is 13.2. The van der Waals surface area contributed by atoms with E-state index in [0.29, 0.717) is 5.76 Å². The summed E-state index contributed by atoms with van der Waals surface area (Å²) in [6.07, 6.45) is 1.96. The minimum absolute atomic E-state index is 0.148. The summed E-state index contributed by atoms with van der Waals surface area (Å²) < 4.78 is 7.11. The Kier molecular flexibility index (Phi) is 4.29. The Morgan fingerprint density at radius 2 is 2.35 bits per heavy atom. The van der Waals surface area contributed by atoms with Crippen molar-refractivity contribution in [2.45, 2.75) is 33.4 Å². The standard InChI is InChI=1S/C16H18N4O2S/c1-4-20-9-12(11(3)18-20)10(2)17-16(21)13-8-14(22-19-13)15-6-5-7-23-15/h5-10H,4H2,1-3H3,(H,17,21). The Morgan fingerprint density at radius 1 is 1.52 bits per heavy atom. The Morgan fingerprint density at radius 3 is 3.00 bits per heavy atom. The molecule has 120 valence electrons. The van der Waals surface area contributed by atoms with Gasteiger partial charge in [0, 0.05) is 24.4 Å². The van der Waals surface area contributed by atoms with E-state index in [0.717, 1.165) is 22.7 Å². The zero-order valence-corrected chi connectivity index (χ0v) is 14.1. The van der Waals surface area contributed by atoms with E-state index in [1.54, 1.807) is 17.4 Å². The van der Waals surface area contributed by atoms with Crippen LogP contribution in [0.2, 0.25) is 0 Å². The van der Waals surface area contributed by atoms with Crippen molar-refractivity contribution in [2.24, 2.45) is 0 Å². The number of hydrogen-bond donors (Lipinski definition) is 1. The number of thiophene rings is 1. The smallest absolute Gasteiger partial charge is 0.273 e. The summed E-state index contributed by atoms with van der Waals surface area (Å²) in [6, 6.07) is 5.37. The fourth-order valence-corrected chi connectivity index (χ4v) is 3.06. The van der Waals surface area contributed by atoms with E-state index in [-0.39, 0.29) is 17.6 Å². The van der Waals surface area contributed by atoms with E-state index < -0.39 is 0 Å². The molecule has 3 heterocycles. The van der Waals surface area contributed by atoms with E-state index in [1.165, 1.54) is 0 Å². The van der Waals surface area contributed by atoms with Crippen molar-refractivity contribution < 1.29 is 9.32 Å². The first-order valence-corrected chi connectivity index (χ1v) is 8.32. The molecule has 1 atom stereocenters. The van der Waals surface area contributed by atoms with E-state index in [1.807, 2.05) is 49.2 Å². The molecule has 3 rings (SSSR count). The lowest BCUT2D eigenvalue weighted by molar-refractivity contribution is 0.0931. The van der Waals surface area contributed by atoms with Gasteiger partial charge in [0.05, 0.1) is 16.6 Å². The lowest BCUT2D eigenvalue weighted by Crippen LogP contribution is -2.27. The molecular formula is C16H18N4O2S. The Bertz CT molecular complexity index is 804. The second kappa shape index (κ2) is 6.37. The topological polar surface area (TPSA) is 73.0 Å². The highest BCUT2D eigenvalue weighted by atomic mass is 32.1. The minimum Gasteiger partial charge on any atom is -0.355 e. The third-order valence-electron chi connectivity index (χ3n) is 3.63. The van der Waals surface area contributed by atoms with Crippen LogP contribution < -0.4 is 5.32 Å². The number of nitrogens with zero attached hydrogens (tertiary/aromatic N) is 3. The SMILES string of the molecule is CCn1cc(C(C)NC(=O)c2cc(-c3cccs3)on2)c(C)n1. The first kappa shape index (κ1) is 15.5. The number of amides is 1. The molecular weight excluding hydrogens is 312 g/mol. The van der Waals surface area contributed by atoms with Crippen molar-refractivity contribution in [2.75, 3.05) is 0 Å². The number of rotatable bonds is 5. The van der Waals surface area contributed by atoms with Crippen molar-refractivity contribution in [1.82, 2.24) is 20.3 Å². The monoisotopic (exact) mass is 330 g/mol. The van der Waals surface area contributed by atoms with E-state index >= 15 is 0 Å². The molecule has 3 aromatic rings. The summed E-state index contributed by atoms with van der Waals surface area (Å²) in [5.74, 6) is 0.348. The first-order valence-electron chi connectivity index (χ1n) is 7.44. The highest BCUT2D eigenvalue weighted by molar-refractivity contribution is 7.13. The molecule has 0 aliphatic carbocycles. The van der Waals surface area contributed by atoms with Gasteiger partial charge in [-0.25, -0.2) is 0 Å². The molecule has 1 unspecified atom stereocenters. The molecule has 7 heteroatoms. The third kappa shape index (κ3) is 3.19. The molecule has 6 nitrogen and oxygen atoms in total. The number of hydrogen-bond acceptors (Lipinski definition) is 5. The van der Waals surface area contributed by atoms with E-state index in [4.69, 9.17) is 4.52 Å². The second-order valence-corrected chi connectivity index (χ2v) is 6.22. The molecule has 23 heavy (non-hydrogen) atoms. The van der Waals surface area contributed by atoms with Gasteiger partial charge in [-0.05, 0) is 32.2 Å². The second-order valence-electron chi connectivity index (χ2n) is 5.27. The summed E-state index contributed by atoms with van der Waals surface area (Å²) in [4.78, 5) is 13.3. The lowest BCUT2D eigenvalue weighted by Gasteiger charge is -2.11. The maximum Gasteiger partial charge on any atom is 0.273 e. The summed E-state index contributed by atoms with van der Waals surface area (Å²) >= 11 is 1.54. The number of aryl methyl sites for hydroxylation is 2. The van der Waals surface area contributed by atoms with Gasteiger partial charge in [0.1, 0.15) is 0 Å². The van der Waals surface area contributed by atoms with Crippen molar-refractivity contribution in [1.29, 1.82) is 0 Å². The highest BCUT2D eigenvalue weighted by Gasteiger charge is 2.19. The summed E-state index contributed by atoms with van der Waals surface area (Å²) in [7, 11) is 0.